The van der Waals surface area contributed by atoms with E-state index < -0.39 is 0 Å². The second kappa shape index (κ2) is 12.2. The first-order valence-electron chi connectivity index (χ1n) is 10.5. The highest BCUT2D eigenvalue weighted by atomic mass is 15.3. The number of hydrogen-bond acceptors (Lipinski definition) is 8. The molecule has 0 saturated carbocycles. The van der Waals surface area contributed by atoms with Crippen molar-refractivity contribution in [1.82, 2.24) is 0 Å². The summed E-state index contributed by atoms with van der Waals surface area (Å²) in [4.78, 5) is 0. The molecule has 4 aromatic rings. The van der Waals surface area contributed by atoms with Gasteiger partial charge in [-0.3, -0.25) is 0 Å². The molecule has 0 atom stereocenters. The molecule has 0 aliphatic heterocycles. The Balaban J connectivity index is 1.78. The van der Waals surface area contributed by atoms with Crippen LogP contribution in [0.15, 0.2) is 174 Å². The highest BCUT2D eigenvalue weighted by molar-refractivity contribution is 5.38. The molecular formula is C26H20N8. The molecule has 0 spiro atoms. The molecule has 0 saturated heterocycles. The molecule has 0 aliphatic carbocycles. The average Bonchev–Trinajstić information content (AvgIpc) is 2.91. The lowest BCUT2D eigenvalue weighted by atomic mass is 10.3. The minimum absolute atomic E-state index is 0.0621. The molecule has 0 bridgehead atoms. The Labute approximate surface area is 196 Å². The zero-order valence-electron chi connectivity index (χ0n) is 18.1. The van der Waals surface area contributed by atoms with Crippen LogP contribution in [0.3, 0.4) is 0 Å². The van der Waals surface area contributed by atoms with Gasteiger partial charge in [-0.1, -0.05) is 72.8 Å². The first-order chi connectivity index (χ1) is 16.9. The first-order valence-corrected chi connectivity index (χ1v) is 10.5. The molecule has 0 aliphatic rings. The molecule has 4 rings (SSSR count). The van der Waals surface area contributed by atoms with Crippen LogP contribution in [0.5, 0.6) is 0 Å². The largest absolute Gasteiger partial charge is 0.244 e. The molecule has 34 heavy (non-hydrogen) atoms. The zero-order chi connectivity index (χ0) is 23.3. The maximum absolute atomic E-state index is 4.27. The van der Waals surface area contributed by atoms with Gasteiger partial charge in [-0.15, -0.1) is 40.9 Å². The van der Waals surface area contributed by atoms with E-state index in [1.54, 1.807) is 0 Å². The van der Waals surface area contributed by atoms with Gasteiger partial charge >= 0.3 is 0 Å². The number of nitrogens with zero attached hydrogens (tertiary/aromatic N) is 8. The van der Waals surface area contributed by atoms with Crippen molar-refractivity contribution < 1.29 is 0 Å². The lowest BCUT2D eigenvalue weighted by molar-refractivity contribution is 0.919. The number of azo groups is 4. The van der Waals surface area contributed by atoms with Crippen LogP contribution in [0.1, 0.15) is 0 Å². The Morgan fingerprint density at radius 2 is 0.500 bits per heavy atom. The zero-order valence-corrected chi connectivity index (χ0v) is 18.1. The minimum Gasteiger partial charge on any atom is -0.149 e. The second-order valence-electron chi connectivity index (χ2n) is 6.79. The molecule has 8 nitrogen and oxygen atoms in total. The highest BCUT2D eigenvalue weighted by Crippen LogP contribution is 2.23. The van der Waals surface area contributed by atoms with Gasteiger partial charge in [-0.05, 0) is 48.5 Å². The van der Waals surface area contributed by atoms with Gasteiger partial charge in [0.1, 0.15) is 0 Å². The van der Waals surface area contributed by atoms with Crippen molar-refractivity contribution in [2.24, 2.45) is 40.9 Å². The smallest absolute Gasteiger partial charge is 0.149 e. The van der Waals surface area contributed by atoms with Crippen molar-refractivity contribution in [3.8, 4) is 0 Å². The van der Waals surface area contributed by atoms with Gasteiger partial charge in [0, 0.05) is 0 Å². The van der Waals surface area contributed by atoms with Crippen molar-refractivity contribution in [3.05, 3.63) is 133 Å². The van der Waals surface area contributed by atoms with E-state index in [0.29, 0.717) is 22.7 Å². The topological polar surface area (TPSA) is 98.9 Å². The van der Waals surface area contributed by atoms with Gasteiger partial charge in [0.05, 0.1) is 22.7 Å². The maximum Gasteiger partial charge on any atom is 0.244 e. The van der Waals surface area contributed by atoms with Gasteiger partial charge in [0.15, 0.2) is 0 Å². The molecule has 8 heteroatoms. The Hall–Kier alpha value is -4.98. The second-order valence-corrected chi connectivity index (χ2v) is 6.79. The molecule has 0 radical (unpaired) electrons. The van der Waals surface area contributed by atoms with Gasteiger partial charge in [-0.2, -0.15) is 0 Å². The van der Waals surface area contributed by atoms with E-state index in [2.05, 4.69) is 40.9 Å². The van der Waals surface area contributed by atoms with Crippen LogP contribution in [-0.4, -0.2) is 0 Å². The van der Waals surface area contributed by atoms with Gasteiger partial charge in [0.25, 0.3) is 0 Å². The maximum atomic E-state index is 4.27. The first kappa shape index (κ1) is 22.2. The summed E-state index contributed by atoms with van der Waals surface area (Å²) < 4.78 is 0. The Morgan fingerprint density at radius 1 is 0.294 bits per heavy atom. The number of benzene rings is 4. The van der Waals surface area contributed by atoms with Crippen LogP contribution >= 0.6 is 0 Å². The molecule has 0 N–H and O–H groups in total. The normalized spacial score (nSPS) is 11.6. The van der Waals surface area contributed by atoms with Crippen LogP contribution in [-0.2, 0) is 0 Å². The van der Waals surface area contributed by atoms with Gasteiger partial charge in [-0.25, -0.2) is 0 Å². The fourth-order valence-corrected chi connectivity index (χ4v) is 2.62. The average molecular weight is 445 g/mol. The summed E-state index contributed by atoms with van der Waals surface area (Å²) >= 11 is 0. The summed E-state index contributed by atoms with van der Waals surface area (Å²) in [5, 5.41) is 34.1. The summed E-state index contributed by atoms with van der Waals surface area (Å²) in [6.45, 7) is 0. The standard InChI is InChI=1S/C26H20N8/c1-5-13-21(14-6-1)27-31-25(32-28-22-15-7-2-8-16-22)26(33-29-23-17-9-3-10-18-23)34-30-24-19-11-4-12-20-24/h1-20H. The van der Waals surface area contributed by atoms with Gasteiger partial charge < -0.3 is 0 Å². The van der Waals surface area contributed by atoms with E-state index in [9.17, 15) is 0 Å². The van der Waals surface area contributed by atoms with Gasteiger partial charge in [0.2, 0.25) is 11.6 Å². The minimum atomic E-state index is 0.0621. The Kier molecular flexibility index (Phi) is 7.95. The van der Waals surface area contributed by atoms with Crippen molar-refractivity contribution in [2.75, 3.05) is 0 Å². The van der Waals surface area contributed by atoms with Crippen LogP contribution in [0.4, 0.5) is 22.7 Å². The predicted molar refractivity (Wildman–Crippen MR) is 131 cm³/mol. The fourth-order valence-electron chi connectivity index (χ4n) is 2.62. The van der Waals surface area contributed by atoms with Crippen molar-refractivity contribution in [1.29, 1.82) is 0 Å². The van der Waals surface area contributed by atoms with Crippen LogP contribution in [0.2, 0.25) is 0 Å². The summed E-state index contributed by atoms with van der Waals surface area (Å²) in [5.41, 5.74) is 2.59. The summed E-state index contributed by atoms with van der Waals surface area (Å²) in [5.74, 6) is 0.124. The van der Waals surface area contributed by atoms with E-state index >= 15 is 0 Å². The SMILES string of the molecule is c1ccc(N=NC(N=Nc2ccccc2)=C(N=Nc2ccccc2)N=Nc2ccccc2)cc1. The van der Waals surface area contributed by atoms with E-state index in [1.165, 1.54) is 0 Å². The molecular weight excluding hydrogens is 424 g/mol. The summed E-state index contributed by atoms with van der Waals surface area (Å²) in [6, 6.07) is 37.2. The highest BCUT2D eigenvalue weighted by Gasteiger charge is 2.07. The third kappa shape index (κ3) is 7.03. The third-order valence-electron chi connectivity index (χ3n) is 4.27. The van der Waals surface area contributed by atoms with E-state index in [4.69, 9.17) is 0 Å². The number of hydrogen-bond donors (Lipinski definition) is 0. The Bertz CT molecular complexity index is 1110. The molecule has 0 heterocycles. The van der Waals surface area contributed by atoms with E-state index in [0.717, 1.165) is 0 Å². The molecule has 0 aromatic heterocycles. The van der Waals surface area contributed by atoms with Crippen molar-refractivity contribution in [3.63, 3.8) is 0 Å². The molecule has 4 aromatic carbocycles. The fraction of sp³-hybridized carbons (Fsp3) is 0. The molecule has 0 amide bonds. The third-order valence-corrected chi connectivity index (χ3v) is 4.27. The summed E-state index contributed by atoms with van der Waals surface area (Å²) in [6.07, 6.45) is 0. The van der Waals surface area contributed by atoms with Crippen molar-refractivity contribution in [2.45, 2.75) is 0 Å². The molecule has 0 fully saturated rings. The molecule has 164 valence electrons. The lowest BCUT2D eigenvalue weighted by Gasteiger charge is -1.98. The quantitative estimate of drug-likeness (QED) is 0.242. The van der Waals surface area contributed by atoms with Crippen molar-refractivity contribution >= 4 is 22.7 Å². The van der Waals surface area contributed by atoms with E-state index in [-0.39, 0.29) is 11.6 Å². The summed E-state index contributed by atoms with van der Waals surface area (Å²) in [7, 11) is 0. The molecule has 0 unspecified atom stereocenters. The van der Waals surface area contributed by atoms with Crippen LogP contribution in [0, 0.1) is 0 Å². The van der Waals surface area contributed by atoms with Crippen LogP contribution in [0.25, 0.3) is 0 Å². The predicted octanol–water partition coefficient (Wildman–Crippen LogP) is 9.25. The van der Waals surface area contributed by atoms with E-state index in [1.807, 2.05) is 121 Å². The van der Waals surface area contributed by atoms with Crippen LogP contribution < -0.4 is 0 Å². The number of rotatable bonds is 8. The Morgan fingerprint density at radius 3 is 0.706 bits per heavy atom. The lowest BCUT2D eigenvalue weighted by Crippen LogP contribution is -1.81. The monoisotopic (exact) mass is 444 g/mol.